The molecular weight excluding hydrogens is 376 g/mol. The molecule has 0 unspecified atom stereocenters. The molecule has 2 aliphatic heterocycles. The zero-order valence-electron chi connectivity index (χ0n) is 18.0. The lowest BCUT2D eigenvalue weighted by atomic mass is 9.75. The van der Waals surface area contributed by atoms with Crippen molar-refractivity contribution >= 4 is 23.2 Å². The molecule has 1 spiro atoms. The zero-order chi connectivity index (χ0) is 21.3. The van der Waals surface area contributed by atoms with Gasteiger partial charge in [0.1, 0.15) is 0 Å². The Morgan fingerprint density at radius 3 is 2.40 bits per heavy atom. The molecule has 1 N–H and O–H groups in total. The lowest BCUT2D eigenvalue weighted by molar-refractivity contribution is -0.122. The molecule has 0 saturated carbocycles. The Balaban J connectivity index is 1.71. The number of hydrogen-bond acceptors (Lipinski definition) is 3. The summed E-state index contributed by atoms with van der Waals surface area (Å²) in [6, 6.07) is 14.4. The summed E-state index contributed by atoms with van der Waals surface area (Å²) in [6.07, 6.45) is 2.73. The van der Waals surface area contributed by atoms with Gasteiger partial charge >= 0.3 is 0 Å². The first-order valence-corrected chi connectivity index (χ1v) is 10.9. The molecular formula is C25H30N2O3. The fourth-order valence-electron chi connectivity index (χ4n) is 4.62. The summed E-state index contributed by atoms with van der Waals surface area (Å²) in [7, 11) is 0. The van der Waals surface area contributed by atoms with Gasteiger partial charge in [0.15, 0.2) is 0 Å². The Morgan fingerprint density at radius 1 is 1.10 bits per heavy atom. The lowest BCUT2D eigenvalue weighted by Crippen LogP contribution is -2.42. The third-order valence-electron chi connectivity index (χ3n) is 6.61. The summed E-state index contributed by atoms with van der Waals surface area (Å²) in [6.45, 7) is 7.81. The van der Waals surface area contributed by atoms with Crippen molar-refractivity contribution in [2.75, 3.05) is 30.0 Å². The molecule has 5 nitrogen and oxygen atoms in total. The average Bonchev–Trinajstić information content (AvgIpc) is 3.06. The van der Waals surface area contributed by atoms with E-state index in [-0.39, 0.29) is 23.1 Å². The highest BCUT2D eigenvalue weighted by atomic mass is 16.5. The molecule has 0 aliphatic carbocycles. The number of benzene rings is 2. The summed E-state index contributed by atoms with van der Waals surface area (Å²) in [5.41, 5.74) is 5.32. The molecule has 1 fully saturated rings. The highest BCUT2D eigenvalue weighted by molar-refractivity contribution is 5.98. The fourth-order valence-corrected chi connectivity index (χ4v) is 4.62. The van der Waals surface area contributed by atoms with Crippen LogP contribution < -0.4 is 10.2 Å². The summed E-state index contributed by atoms with van der Waals surface area (Å²) >= 11 is 0. The van der Waals surface area contributed by atoms with Gasteiger partial charge in [0.25, 0.3) is 0 Å². The minimum atomic E-state index is -0.0761. The number of carbonyl (C=O) groups excluding carboxylic acids is 2. The predicted molar refractivity (Wildman–Crippen MR) is 120 cm³/mol. The number of amides is 2. The summed E-state index contributed by atoms with van der Waals surface area (Å²) in [5, 5.41) is 2.81. The first kappa shape index (κ1) is 20.6. The maximum Gasteiger partial charge on any atom is 0.229 e. The van der Waals surface area contributed by atoms with Gasteiger partial charge in [0.05, 0.1) is 0 Å². The van der Waals surface area contributed by atoms with Crippen LogP contribution in [-0.2, 0) is 19.7 Å². The SMILES string of the molecule is CC[C@@H](C)C(=O)N1CC2(CCOCC2)c2cc(-c3ccc(NC(C)=O)cc3)ccc21. The quantitative estimate of drug-likeness (QED) is 0.797. The van der Waals surface area contributed by atoms with Gasteiger partial charge in [-0.05, 0) is 60.2 Å². The van der Waals surface area contributed by atoms with Crippen LogP contribution in [0.5, 0.6) is 0 Å². The normalized spacial score (nSPS) is 18.2. The van der Waals surface area contributed by atoms with E-state index < -0.39 is 0 Å². The van der Waals surface area contributed by atoms with E-state index in [1.165, 1.54) is 12.5 Å². The molecule has 5 heteroatoms. The van der Waals surface area contributed by atoms with E-state index in [0.29, 0.717) is 0 Å². The van der Waals surface area contributed by atoms with Gasteiger partial charge in [-0.2, -0.15) is 0 Å². The number of anilines is 2. The van der Waals surface area contributed by atoms with Gasteiger partial charge in [0, 0.05) is 49.4 Å². The Hall–Kier alpha value is -2.66. The molecule has 2 heterocycles. The van der Waals surface area contributed by atoms with Gasteiger partial charge in [-0.1, -0.05) is 32.0 Å². The van der Waals surface area contributed by atoms with Crippen molar-refractivity contribution < 1.29 is 14.3 Å². The second-order valence-corrected chi connectivity index (χ2v) is 8.62. The third kappa shape index (κ3) is 3.74. The first-order valence-electron chi connectivity index (χ1n) is 10.9. The van der Waals surface area contributed by atoms with E-state index in [1.54, 1.807) is 0 Å². The van der Waals surface area contributed by atoms with Crippen LogP contribution in [0.4, 0.5) is 11.4 Å². The largest absolute Gasteiger partial charge is 0.381 e. The lowest BCUT2D eigenvalue weighted by Gasteiger charge is -2.34. The molecule has 158 valence electrons. The summed E-state index contributed by atoms with van der Waals surface area (Å²) < 4.78 is 5.66. The van der Waals surface area contributed by atoms with Crippen LogP contribution in [0.1, 0.15) is 45.6 Å². The number of nitrogens with one attached hydrogen (secondary N) is 1. The van der Waals surface area contributed by atoms with E-state index in [9.17, 15) is 9.59 Å². The second-order valence-electron chi connectivity index (χ2n) is 8.62. The van der Waals surface area contributed by atoms with Crippen LogP contribution in [0.3, 0.4) is 0 Å². The number of ether oxygens (including phenoxy) is 1. The minimum Gasteiger partial charge on any atom is -0.381 e. The van der Waals surface area contributed by atoms with Crippen LogP contribution >= 0.6 is 0 Å². The highest BCUT2D eigenvalue weighted by Gasteiger charge is 2.46. The van der Waals surface area contributed by atoms with E-state index in [1.807, 2.05) is 36.1 Å². The number of fused-ring (bicyclic) bond motifs is 2. The molecule has 2 aliphatic rings. The van der Waals surface area contributed by atoms with Gasteiger partial charge in [-0.15, -0.1) is 0 Å². The van der Waals surface area contributed by atoms with Crippen molar-refractivity contribution in [3.05, 3.63) is 48.0 Å². The number of rotatable bonds is 4. The molecule has 2 aromatic rings. The standard InChI is InChI=1S/C25H30N2O3/c1-4-17(2)24(29)27-16-25(11-13-30-14-12-25)22-15-20(7-10-23(22)27)19-5-8-21(9-6-19)26-18(3)28/h5-10,15,17H,4,11-14,16H2,1-3H3,(H,26,28)/t17-/m1/s1. The van der Waals surface area contributed by atoms with Crippen LogP contribution in [0.15, 0.2) is 42.5 Å². The maximum absolute atomic E-state index is 13.1. The monoisotopic (exact) mass is 406 g/mol. The van der Waals surface area contributed by atoms with Gasteiger partial charge in [-0.3, -0.25) is 9.59 Å². The molecule has 4 rings (SSSR count). The van der Waals surface area contributed by atoms with Crippen molar-refractivity contribution in [1.82, 2.24) is 0 Å². The summed E-state index contributed by atoms with van der Waals surface area (Å²) in [5.74, 6) is 0.163. The third-order valence-corrected chi connectivity index (χ3v) is 6.61. The maximum atomic E-state index is 13.1. The molecule has 1 saturated heterocycles. The Bertz CT molecular complexity index is 945. The van der Waals surface area contributed by atoms with E-state index in [0.717, 1.165) is 61.5 Å². The average molecular weight is 407 g/mol. The summed E-state index contributed by atoms with van der Waals surface area (Å²) in [4.78, 5) is 26.4. The fraction of sp³-hybridized carbons (Fsp3) is 0.440. The zero-order valence-corrected chi connectivity index (χ0v) is 18.0. The van der Waals surface area contributed by atoms with Crippen LogP contribution in [0.2, 0.25) is 0 Å². The van der Waals surface area contributed by atoms with Crippen LogP contribution in [0.25, 0.3) is 11.1 Å². The molecule has 0 bridgehead atoms. The van der Waals surface area contributed by atoms with Gasteiger partial charge in [0.2, 0.25) is 11.8 Å². The minimum absolute atomic E-state index is 0.0221. The molecule has 2 amide bonds. The van der Waals surface area contributed by atoms with Gasteiger partial charge < -0.3 is 15.0 Å². The molecule has 0 radical (unpaired) electrons. The Morgan fingerprint density at radius 2 is 1.77 bits per heavy atom. The Kier molecular flexibility index (Phi) is 5.65. The smallest absolute Gasteiger partial charge is 0.229 e. The van der Waals surface area contributed by atoms with Crippen LogP contribution in [0, 0.1) is 5.92 Å². The van der Waals surface area contributed by atoms with Crippen molar-refractivity contribution in [2.45, 2.75) is 45.4 Å². The topological polar surface area (TPSA) is 58.6 Å². The molecule has 30 heavy (non-hydrogen) atoms. The van der Waals surface area contributed by atoms with E-state index in [2.05, 4.69) is 30.4 Å². The van der Waals surface area contributed by atoms with Gasteiger partial charge in [-0.25, -0.2) is 0 Å². The number of hydrogen-bond donors (Lipinski definition) is 1. The molecule has 2 aromatic carbocycles. The molecule has 0 aromatic heterocycles. The molecule has 1 atom stereocenters. The van der Waals surface area contributed by atoms with Crippen LogP contribution in [-0.4, -0.2) is 31.6 Å². The Labute approximate surface area is 178 Å². The number of nitrogens with zero attached hydrogens (tertiary/aromatic N) is 1. The highest BCUT2D eigenvalue weighted by Crippen LogP contribution is 2.48. The second kappa shape index (κ2) is 8.23. The number of carbonyl (C=O) groups is 2. The first-order chi connectivity index (χ1) is 14.4. The predicted octanol–water partition coefficient (Wildman–Crippen LogP) is 4.75. The van der Waals surface area contributed by atoms with Crippen molar-refractivity contribution in [2.24, 2.45) is 5.92 Å². The van der Waals surface area contributed by atoms with E-state index in [4.69, 9.17) is 4.74 Å². The van der Waals surface area contributed by atoms with Crippen molar-refractivity contribution in [1.29, 1.82) is 0 Å². The van der Waals surface area contributed by atoms with Crippen molar-refractivity contribution in [3.8, 4) is 11.1 Å². The van der Waals surface area contributed by atoms with Crippen molar-refractivity contribution in [3.63, 3.8) is 0 Å². The van der Waals surface area contributed by atoms with E-state index >= 15 is 0 Å².